The molecule has 6 N–H and O–H groups in total. The molecule has 81 heavy (non-hydrogen) atoms. The van der Waals surface area contributed by atoms with Gasteiger partial charge in [0, 0.05) is 6.42 Å². The lowest BCUT2D eigenvalue weighted by molar-refractivity contribution is -0.305. The van der Waals surface area contributed by atoms with Crippen LogP contribution in [-0.4, -0.2) is 99.6 Å². The number of unbranched alkanes of at least 4 members (excludes halogenated alkanes) is 30. The number of hydrogen-bond acceptors (Lipinski definition) is 10. The fourth-order valence-electron chi connectivity index (χ4n) is 9.97. The first kappa shape index (κ1) is 75.9. The van der Waals surface area contributed by atoms with Crippen LogP contribution in [0.1, 0.15) is 284 Å². The van der Waals surface area contributed by atoms with E-state index in [-0.39, 0.29) is 19.4 Å². The Kier molecular flexibility index (Phi) is 53.6. The number of allylic oxidation sites excluding steroid dienone is 13. The number of carbonyl (C=O) groups excluding carboxylic acids is 2. The Morgan fingerprint density at radius 2 is 0.852 bits per heavy atom. The van der Waals surface area contributed by atoms with Crippen LogP contribution in [0.2, 0.25) is 0 Å². The summed E-state index contributed by atoms with van der Waals surface area (Å²) in [4.78, 5) is 26.6. The number of rotatable bonds is 56. The zero-order chi connectivity index (χ0) is 58.9. The molecule has 0 aromatic rings. The fraction of sp³-hybridized carbons (Fsp3) is 0.771. The van der Waals surface area contributed by atoms with Crippen molar-refractivity contribution in [1.29, 1.82) is 0 Å². The van der Waals surface area contributed by atoms with E-state index in [0.717, 1.165) is 77.0 Å². The lowest BCUT2D eigenvalue weighted by atomic mass is 9.99. The SMILES string of the molecule is CCCCC/C=C\C/C=C\C/C=C\C/C=C\CCC(O)C(=O)NC(COC1OC(CO)C(O)C(O)C1OC(=O)CCCCCCCCCCCCCCC/C=C\C/C=C\CCCCC)C(O)/C=C/CCCCCCCCCCCCC. The summed E-state index contributed by atoms with van der Waals surface area (Å²) >= 11 is 0. The molecule has 468 valence electrons. The Morgan fingerprint density at radius 1 is 0.481 bits per heavy atom. The molecule has 0 radical (unpaired) electrons. The van der Waals surface area contributed by atoms with E-state index in [1.54, 1.807) is 6.08 Å². The monoisotopic (exact) mass is 1140 g/mol. The minimum absolute atomic E-state index is 0.114. The van der Waals surface area contributed by atoms with Gasteiger partial charge in [-0.1, -0.05) is 266 Å². The van der Waals surface area contributed by atoms with Crippen LogP contribution in [-0.2, 0) is 23.8 Å². The molecule has 0 aromatic carbocycles. The second-order valence-corrected chi connectivity index (χ2v) is 22.8. The fourth-order valence-corrected chi connectivity index (χ4v) is 9.97. The van der Waals surface area contributed by atoms with Gasteiger partial charge in [0.25, 0.3) is 0 Å². The van der Waals surface area contributed by atoms with Crippen molar-refractivity contribution in [3.05, 3.63) is 85.1 Å². The zero-order valence-electron chi connectivity index (χ0n) is 51.9. The maximum atomic E-state index is 13.4. The van der Waals surface area contributed by atoms with Crippen LogP contribution in [0.5, 0.6) is 0 Å². The van der Waals surface area contributed by atoms with E-state index < -0.39 is 67.4 Å². The van der Waals surface area contributed by atoms with E-state index >= 15 is 0 Å². The van der Waals surface area contributed by atoms with Crippen molar-refractivity contribution in [2.24, 2.45) is 0 Å². The first-order valence-electron chi connectivity index (χ1n) is 33.4. The second kappa shape index (κ2) is 57.3. The lowest BCUT2D eigenvalue weighted by Gasteiger charge is -2.41. The van der Waals surface area contributed by atoms with E-state index in [4.69, 9.17) is 14.2 Å². The second-order valence-electron chi connectivity index (χ2n) is 22.8. The summed E-state index contributed by atoms with van der Waals surface area (Å²) < 4.78 is 17.6. The molecule has 0 aromatic heterocycles. The summed E-state index contributed by atoms with van der Waals surface area (Å²) in [5, 5.41) is 57.0. The Morgan fingerprint density at radius 3 is 1.30 bits per heavy atom. The first-order valence-corrected chi connectivity index (χ1v) is 33.4. The maximum Gasteiger partial charge on any atom is 0.306 e. The van der Waals surface area contributed by atoms with Crippen molar-refractivity contribution in [3.8, 4) is 0 Å². The normalized spacial score (nSPS) is 19.2. The molecule has 1 amide bonds. The molecule has 0 aliphatic carbocycles. The van der Waals surface area contributed by atoms with Crippen LogP contribution in [0.15, 0.2) is 85.1 Å². The predicted octanol–water partition coefficient (Wildman–Crippen LogP) is 16.5. The van der Waals surface area contributed by atoms with Gasteiger partial charge in [-0.05, 0) is 96.3 Å². The van der Waals surface area contributed by atoms with Gasteiger partial charge in [-0.3, -0.25) is 9.59 Å². The molecule has 8 atom stereocenters. The van der Waals surface area contributed by atoms with Gasteiger partial charge >= 0.3 is 5.97 Å². The van der Waals surface area contributed by atoms with Crippen LogP contribution >= 0.6 is 0 Å². The van der Waals surface area contributed by atoms with Crippen LogP contribution in [0, 0.1) is 0 Å². The van der Waals surface area contributed by atoms with Crippen molar-refractivity contribution in [3.63, 3.8) is 0 Å². The van der Waals surface area contributed by atoms with Gasteiger partial charge < -0.3 is 45.1 Å². The van der Waals surface area contributed by atoms with E-state index in [0.29, 0.717) is 12.8 Å². The summed E-state index contributed by atoms with van der Waals surface area (Å²) in [6.07, 6.45) is 64.8. The minimum Gasteiger partial charge on any atom is -0.454 e. The molecule has 1 aliphatic rings. The molecule has 1 aliphatic heterocycles. The number of esters is 1. The zero-order valence-corrected chi connectivity index (χ0v) is 51.9. The topological polar surface area (TPSA) is 175 Å². The van der Waals surface area contributed by atoms with Crippen molar-refractivity contribution >= 4 is 11.9 Å². The lowest BCUT2D eigenvalue weighted by Crippen LogP contribution is -2.61. The Bertz CT molecular complexity index is 1640. The van der Waals surface area contributed by atoms with Gasteiger partial charge in [0.1, 0.15) is 24.4 Å². The molecule has 0 saturated carbocycles. The molecular formula is C70H123NO10. The third-order valence-electron chi connectivity index (χ3n) is 15.3. The summed E-state index contributed by atoms with van der Waals surface area (Å²) in [5.74, 6) is -1.25. The highest BCUT2D eigenvalue weighted by Gasteiger charge is 2.47. The third kappa shape index (κ3) is 45.0. The quantitative estimate of drug-likeness (QED) is 0.0195. The van der Waals surface area contributed by atoms with Gasteiger partial charge in [0.05, 0.1) is 25.4 Å². The van der Waals surface area contributed by atoms with E-state index in [1.165, 1.54) is 161 Å². The van der Waals surface area contributed by atoms with Crippen molar-refractivity contribution in [1.82, 2.24) is 5.32 Å². The van der Waals surface area contributed by atoms with Gasteiger partial charge in [0.15, 0.2) is 12.4 Å². The van der Waals surface area contributed by atoms with Crippen molar-refractivity contribution in [2.75, 3.05) is 13.2 Å². The van der Waals surface area contributed by atoms with Gasteiger partial charge in [-0.25, -0.2) is 0 Å². The molecule has 8 unspecified atom stereocenters. The molecule has 11 heteroatoms. The Hall–Kier alpha value is -3.16. The molecule has 1 fully saturated rings. The van der Waals surface area contributed by atoms with Gasteiger partial charge in [-0.15, -0.1) is 0 Å². The number of aliphatic hydroxyl groups excluding tert-OH is 5. The summed E-state index contributed by atoms with van der Waals surface area (Å²) in [7, 11) is 0. The largest absolute Gasteiger partial charge is 0.454 e. The number of nitrogens with one attached hydrogen (secondary N) is 1. The molecule has 0 spiro atoms. The van der Waals surface area contributed by atoms with Crippen LogP contribution < -0.4 is 5.32 Å². The van der Waals surface area contributed by atoms with Crippen molar-refractivity contribution in [2.45, 2.75) is 333 Å². The first-order chi connectivity index (χ1) is 39.7. The average molecular weight is 1140 g/mol. The molecular weight excluding hydrogens is 1010 g/mol. The van der Waals surface area contributed by atoms with Gasteiger partial charge in [-0.2, -0.15) is 0 Å². The Labute approximate surface area is 495 Å². The van der Waals surface area contributed by atoms with E-state index in [2.05, 4.69) is 86.8 Å². The van der Waals surface area contributed by atoms with Crippen LogP contribution in [0.4, 0.5) is 0 Å². The minimum atomic E-state index is -1.63. The summed E-state index contributed by atoms with van der Waals surface area (Å²) in [6.45, 7) is 5.72. The highest BCUT2D eigenvalue weighted by atomic mass is 16.7. The number of aliphatic hydroxyl groups is 5. The maximum absolute atomic E-state index is 13.4. The Balaban J connectivity index is 2.65. The number of hydrogen-bond donors (Lipinski definition) is 6. The van der Waals surface area contributed by atoms with Crippen LogP contribution in [0.25, 0.3) is 0 Å². The van der Waals surface area contributed by atoms with E-state index in [9.17, 15) is 35.1 Å². The summed E-state index contributed by atoms with van der Waals surface area (Å²) in [5.41, 5.74) is 0. The number of ether oxygens (including phenoxy) is 3. The molecule has 11 nitrogen and oxygen atoms in total. The smallest absolute Gasteiger partial charge is 0.306 e. The van der Waals surface area contributed by atoms with Crippen LogP contribution in [0.3, 0.4) is 0 Å². The summed E-state index contributed by atoms with van der Waals surface area (Å²) in [6, 6.07) is -1.06. The number of amides is 1. The molecule has 1 saturated heterocycles. The van der Waals surface area contributed by atoms with Crippen molar-refractivity contribution < 1.29 is 49.3 Å². The standard InChI is InChI=1S/C70H123NO10/c1-4-7-10-13-16-19-22-25-27-29-30-31-32-33-34-35-37-40-43-46-49-52-55-58-65(75)81-68-67(77)66(76)64(59-72)80-70(68)79-60-61(62(73)56-53-50-47-44-41-38-24-21-18-15-12-9-6-3)71-69(78)63(74)57-54-51-48-45-42-39-36-28-26-23-20-17-14-11-8-5-2/h16-17,19-20,25-28,39,42,48,51,53,56,61-64,66-68,70,72-74,76-77H,4-15,18,21-24,29-38,40-41,43-47,49-50,52,54-55,57-60H2,1-3H3,(H,71,78)/b19-16-,20-17-,27-25-,28-26-,42-39-,51-48-,56-53+. The molecule has 1 rings (SSSR count). The molecule has 0 bridgehead atoms. The van der Waals surface area contributed by atoms with Gasteiger partial charge in [0.2, 0.25) is 5.91 Å². The predicted molar refractivity (Wildman–Crippen MR) is 338 cm³/mol. The number of carbonyl (C=O) groups is 2. The third-order valence-corrected chi connectivity index (χ3v) is 15.3. The highest BCUT2D eigenvalue weighted by Crippen LogP contribution is 2.26. The average Bonchev–Trinajstić information content (AvgIpc) is 3.47. The van der Waals surface area contributed by atoms with E-state index in [1.807, 2.05) is 18.2 Å². The molecule has 1 heterocycles. The highest BCUT2D eigenvalue weighted by molar-refractivity contribution is 5.80.